The molecule has 0 rings (SSSR count). The highest BCUT2D eigenvalue weighted by molar-refractivity contribution is 4.74. The largest absolute Gasteiger partial charge is 0.412 e. The molecule has 0 aromatic rings. The standard InChI is InChI=1S/C5H11N.H2O/c1-3-4-5-6-2;/h4-6H,3H2,1-2H3;1H2. The van der Waals surface area contributed by atoms with Crippen LogP contribution >= 0.6 is 0 Å². The molecule has 0 atom stereocenters. The molecule has 0 saturated heterocycles. The molecule has 0 radical (unpaired) electrons. The minimum atomic E-state index is 0. The maximum Gasteiger partial charge on any atom is 0.00276 e. The maximum absolute atomic E-state index is 2.89. The maximum atomic E-state index is 2.89. The molecule has 0 heterocycles. The monoisotopic (exact) mass is 103 g/mol. The molecule has 3 N–H and O–H groups in total. The molecule has 2 heteroatoms. The first-order valence-electron chi connectivity index (χ1n) is 2.24. The fraction of sp³-hybridized carbons (Fsp3) is 0.600. The summed E-state index contributed by atoms with van der Waals surface area (Å²) in [5.74, 6) is 0. The molecule has 0 unspecified atom stereocenters. The van der Waals surface area contributed by atoms with Gasteiger partial charge in [0.1, 0.15) is 0 Å². The molecule has 0 saturated carbocycles. The molecule has 0 bridgehead atoms. The Morgan fingerprint density at radius 3 is 2.29 bits per heavy atom. The zero-order valence-corrected chi connectivity index (χ0v) is 4.86. The summed E-state index contributed by atoms with van der Waals surface area (Å²) in [6.07, 6.45) is 5.11. The average Bonchev–Trinajstić information content (AvgIpc) is 1.61. The Kier molecular flexibility index (Phi) is 12.6. The molecule has 0 aliphatic carbocycles. The van der Waals surface area contributed by atoms with Crippen molar-refractivity contribution in [1.82, 2.24) is 5.32 Å². The fourth-order valence-corrected chi connectivity index (χ4v) is 0.236. The first-order chi connectivity index (χ1) is 2.91. The summed E-state index contributed by atoms with van der Waals surface area (Å²) in [5.41, 5.74) is 0. The van der Waals surface area contributed by atoms with Gasteiger partial charge in [0.05, 0.1) is 0 Å². The second kappa shape index (κ2) is 9.09. The zero-order valence-electron chi connectivity index (χ0n) is 4.86. The molecular formula is C5H13NO. The Labute approximate surface area is 44.5 Å². The lowest BCUT2D eigenvalue weighted by molar-refractivity contribution is 0.824. The highest BCUT2D eigenvalue weighted by Crippen LogP contribution is 1.72. The van der Waals surface area contributed by atoms with Crippen LogP contribution in [0.15, 0.2) is 12.3 Å². The highest BCUT2D eigenvalue weighted by Gasteiger charge is 1.57. The van der Waals surface area contributed by atoms with Crippen LogP contribution in [-0.2, 0) is 0 Å². The van der Waals surface area contributed by atoms with Crippen LogP contribution in [0.3, 0.4) is 0 Å². The molecule has 44 valence electrons. The van der Waals surface area contributed by atoms with Crippen LogP contribution in [0.25, 0.3) is 0 Å². The fourth-order valence-electron chi connectivity index (χ4n) is 0.236. The first-order valence-corrected chi connectivity index (χ1v) is 2.24. The summed E-state index contributed by atoms with van der Waals surface area (Å²) in [5, 5.41) is 2.89. The predicted molar refractivity (Wildman–Crippen MR) is 32.1 cm³/mol. The lowest BCUT2D eigenvalue weighted by Gasteiger charge is -1.79. The van der Waals surface area contributed by atoms with E-state index in [9.17, 15) is 0 Å². The van der Waals surface area contributed by atoms with Crippen molar-refractivity contribution in [3.8, 4) is 0 Å². The van der Waals surface area contributed by atoms with Crippen molar-refractivity contribution in [1.29, 1.82) is 0 Å². The van der Waals surface area contributed by atoms with E-state index in [0.29, 0.717) is 0 Å². The molecule has 0 spiro atoms. The first kappa shape index (κ1) is 9.71. The van der Waals surface area contributed by atoms with Crippen molar-refractivity contribution in [2.24, 2.45) is 0 Å². The predicted octanol–water partition coefficient (Wildman–Crippen LogP) is 0.305. The van der Waals surface area contributed by atoms with Crippen LogP contribution in [0.5, 0.6) is 0 Å². The summed E-state index contributed by atoms with van der Waals surface area (Å²) < 4.78 is 0. The van der Waals surface area contributed by atoms with E-state index in [1.54, 1.807) is 0 Å². The Bertz CT molecular complexity index is 37.3. The molecule has 0 aliphatic heterocycles. The Morgan fingerprint density at radius 2 is 2.14 bits per heavy atom. The molecule has 0 aromatic carbocycles. The smallest absolute Gasteiger partial charge is 0.00276 e. The van der Waals surface area contributed by atoms with Gasteiger partial charge in [-0.25, -0.2) is 0 Å². The van der Waals surface area contributed by atoms with Gasteiger partial charge in [-0.05, 0) is 12.6 Å². The van der Waals surface area contributed by atoms with Gasteiger partial charge in [-0.15, -0.1) is 0 Å². The lowest BCUT2D eigenvalue weighted by Crippen LogP contribution is -1.89. The van der Waals surface area contributed by atoms with E-state index < -0.39 is 0 Å². The molecule has 0 fully saturated rings. The average molecular weight is 103 g/mol. The summed E-state index contributed by atoms with van der Waals surface area (Å²) in [4.78, 5) is 0. The Hall–Kier alpha value is -0.500. The van der Waals surface area contributed by atoms with Crippen LogP contribution in [0.4, 0.5) is 0 Å². The molecule has 0 aromatic heterocycles. The van der Waals surface area contributed by atoms with Gasteiger partial charge in [-0.3, -0.25) is 0 Å². The van der Waals surface area contributed by atoms with E-state index in [1.165, 1.54) is 0 Å². The van der Waals surface area contributed by atoms with E-state index in [2.05, 4.69) is 18.3 Å². The second-order valence-corrected chi connectivity index (χ2v) is 1.10. The summed E-state index contributed by atoms with van der Waals surface area (Å²) >= 11 is 0. The van der Waals surface area contributed by atoms with Crippen LogP contribution in [-0.4, -0.2) is 12.5 Å². The zero-order chi connectivity index (χ0) is 4.83. The summed E-state index contributed by atoms with van der Waals surface area (Å²) in [6.45, 7) is 2.10. The quantitative estimate of drug-likeness (QED) is 0.537. The van der Waals surface area contributed by atoms with Gasteiger partial charge in [0.2, 0.25) is 0 Å². The van der Waals surface area contributed by atoms with Crippen molar-refractivity contribution >= 4 is 0 Å². The van der Waals surface area contributed by atoms with Crippen molar-refractivity contribution in [2.75, 3.05) is 7.05 Å². The van der Waals surface area contributed by atoms with Gasteiger partial charge in [-0.2, -0.15) is 0 Å². The SMILES string of the molecule is CCC=CNC.O. The molecule has 0 aliphatic rings. The third kappa shape index (κ3) is 10.8. The van der Waals surface area contributed by atoms with Gasteiger partial charge in [0, 0.05) is 7.05 Å². The van der Waals surface area contributed by atoms with Crippen molar-refractivity contribution in [2.45, 2.75) is 13.3 Å². The van der Waals surface area contributed by atoms with E-state index >= 15 is 0 Å². The number of nitrogens with one attached hydrogen (secondary N) is 1. The minimum Gasteiger partial charge on any atom is -0.412 e. The molecule has 2 nitrogen and oxygen atoms in total. The van der Waals surface area contributed by atoms with E-state index in [0.717, 1.165) is 6.42 Å². The van der Waals surface area contributed by atoms with E-state index in [1.807, 2.05) is 13.2 Å². The Balaban J connectivity index is 0. The second-order valence-electron chi connectivity index (χ2n) is 1.10. The van der Waals surface area contributed by atoms with E-state index in [4.69, 9.17) is 0 Å². The van der Waals surface area contributed by atoms with Crippen LogP contribution in [0.2, 0.25) is 0 Å². The number of hydrogen-bond donors (Lipinski definition) is 1. The number of hydrogen-bond acceptors (Lipinski definition) is 1. The topological polar surface area (TPSA) is 43.5 Å². The molecule has 7 heavy (non-hydrogen) atoms. The van der Waals surface area contributed by atoms with Crippen molar-refractivity contribution < 1.29 is 5.48 Å². The van der Waals surface area contributed by atoms with Gasteiger partial charge < -0.3 is 10.8 Å². The lowest BCUT2D eigenvalue weighted by atomic mass is 10.5. The third-order valence-electron chi connectivity index (χ3n) is 0.520. The minimum absolute atomic E-state index is 0. The third-order valence-corrected chi connectivity index (χ3v) is 0.520. The van der Waals surface area contributed by atoms with Gasteiger partial charge in [-0.1, -0.05) is 13.0 Å². The normalized spacial score (nSPS) is 8.29. The van der Waals surface area contributed by atoms with Crippen LogP contribution < -0.4 is 5.32 Å². The van der Waals surface area contributed by atoms with Crippen molar-refractivity contribution in [3.05, 3.63) is 12.3 Å². The molecule has 0 amide bonds. The summed E-state index contributed by atoms with van der Waals surface area (Å²) in [6, 6.07) is 0. The Morgan fingerprint density at radius 1 is 1.57 bits per heavy atom. The van der Waals surface area contributed by atoms with E-state index in [-0.39, 0.29) is 5.48 Å². The molecular weight excluding hydrogens is 90.1 g/mol. The van der Waals surface area contributed by atoms with Gasteiger partial charge in [0.25, 0.3) is 0 Å². The number of allylic oxidation sites excluding steroid dienone is 1. The van der Waals surface area contributed by atoms with Crippen LogP contribution in [0.1, 0.15) is 13.3 Å². The van der Waals surface area contributed by atoms with Gasteiger partial charge in [0.15, 0.2) is 0 Å². The van der Waals surface area contributed by atoms with Crippen molar-refractivity contribution in [3.63, 3.8) is 0 Å². The van der Waals surface area contributed by atoms with Crippen LogP contribution in [0, 0.1) is 0 Å². The summed E-state index contributed by atoms with van der Waals surface area (Å²) in [7, 11) is 1.90. The highest BCUT2D eigenvalue weighted by atomic mass is 16.0. The van der Waals surface area contributed by atoms with Gasteiger partial charge >= 0.3 is 0 Å². The number of rotatable bonds is 2.